The van der Waals surface area contributed by atoms with Crippen molar-refractivity contribution in [3.63, 3.8) is 0 Å². The van der Waals surface area contributed by atoms with E-state index in [-0.39, 0.29) is 12.5 Å². The maximum atomic E-state index is 13.0. The Hall–Kier alpha value is -2.24. The fourth-order valence-corrected chi connectivity index (χ4v) is 2.64. The number of carboxylic acids is 1. The van der Waals surface area contributed by atoms with Gasteiger partial charge >= 0.3 is 5.97 Å². The minimum absolute atomic E-state index is 0.219. The van der Waals surface area contributed by atoms with Gasteiger partial charge in [-0.1, -0.05) is 13.0 Å². The van der Waals surface area contributed by atoms with Crippen LogP contribution >= 0.6 is 0 Å². The predicted octanol–water partition coefficient (Wildman–Crippen LogP) is 3.08. The Bertz CT molecular complexity index is 597. The Morgan fingerprint density at radius 2 is 1.68 bits per heavy atom. The quantitative estimate of drug-likeness (QED) is 0.701. The first-order valence-corrected chi connectivity index (χ1v) is 8.69. The van der Waals surface area contributed by atoms with Crippen molar-refractivity contribution < 1.29 is 24.2 Å². The van der Waals surface area contributed by atoms with Crippen LogP contribution in [0, 0.1) is 0 Å². The third-order valence-corrected chi connectivity index (χ3v) is 3.91. The fraction of sp³-hybridized carbons (Fsp3) is 0.579. The molecule has 140 valence electrons. The van der Waals surface area contributed by atoms with Gasteiger partial charge < -0.3 is 19.5 Å². The van der Waals surface area contributed by atoms with Gasteiger partial charge in [0, 0.05) is 6.54 Å². The van der Waals surface area contributed by atoms with E-state index >= 15 is 0 Å². The van der Waals surface area contributed by atoms with Crippen molar-refractivity contribution >= 4 is 11.9 Å². The zero-order valence-corrected chi connectivity index (χ0v) is 15.8. The number of aliphatic carboxylic acids is 1. The Balaban J connectivity index is 3.19. The topological polar surface area (TPSA) is 76.1 Å². The van der Waals surface area contributed by atoms with Crippen LogP contribution in [0.25, 0.3) is 0 Å². The number of carboxylic acid groups (broad SMARTS) is 1. The van der Waals surface area contributed by atoms with Gasteiger partial charge in [0.05, 0.1) is 18.6 Å². The first-order chi connectivity index (χ1) is 11.8. The summed E-state index contributed by atoms with van der Waals surface area (Å²) < 4.78 is 11.2. The highest BCUT2D eigenvalue weighted by Gasteiger charge is 2.35. The lowest BCUT2D eigenvalue weighted by Gasteiger charge is -2.31. The van der Waals surface area contributed by atoms with Gasteiger partial charge in [-0.3, -0.25) is 9.59 Å². The van der Waals surface area contributed by atoms with E-state index in [0.717, 1.165) is 5.56 Å². The highest BCUT2D eigenvalue weighted by Crippen LogP contribution is 2.34. The molecule has 6 nitrogen and oxygen atoms in total. The molecule has 0 radical (unpaired) electrons. The van der Waals surface area contributed by atoms with Gasteiger partial charge in [0.25, 0.3) is 0 Å². The van der Waals surface area contributed by atoms with Gasteiger partial charge in [0.2, 0.25) is 5.91 Å². The molecule has 0 aliphatic rings. The molecule has 0 bridgehead atoms. The zero-order valence-electron chi connectivity index (χ0n) is 15.8. The molecule has 1 rings (SSSR count). The van der Waals surface area contributed by atoms with Crippen LogP contribution in [0.3, 0.4) is 0 Å². The molecule has 0 aliphatic heterocycles. The highest BCUT2D eigenvalue weighted by molar-refractivity contribution is 5.90. The summed E-state index contributed by atoms with van der Waals surface area (Å²) in [6.45, 7) is 10.4. The molecule has 1 N–H and O–H groups in total. The number of carbonyl (C=O) groups is 2. The molecule has 0 spiro atoms. The van der Waals surface area contributed by atoms with Crippen LogP contribution in [0.5, 0.6) is 11.5 Å². The zero-order chi connectivity index (χ0) is 19.0. The molecule has 25 heavy (non-hydrogen) atoms. The molecule has 0 heterocycles. The van der Waals surface area contributed by atoms with E-state index in [2.05, 4.69) is 0 Å². The molecular formula is C19H29NO5. The molecule has 0 atom stereocenters. The van der Waals surface area contributed by atoms with E-state index in [0.29, 0.717) is 37.7 Å². The summed E-state index contributed by atoms with van der Waals surface area (Å²) in [4.78, 5) is 25.4. The summed E-state index contributed by atoms with van der Waals surface area (Å²) >= 11 is 0. The molecule has 1 aromatic rings. The Labute approximate surface area is 149 Å². The minimum atomic E-state index is -1.01. The van der Waals surface area contributed by atoms with Crippen molar-refractivity contribution in [2.75, 3.05) is 26.3 Å². The van der Waals surface area contributed by atoms with Crippen molar-refractivity contribution in [1.29, 1.82) is 0 Å². The number of amides is 1. The average molecular weight is 351 g/mol. The summed E-state index contributed by atoms with van der Waals surface area (Å²) in [7, 11) is 0. The van der Waals surface area contributed by atoms with Gasteiger partial charge in [0.15, 0.2) is 11.5 Å². The molecule has 0 aliphatic carbocycles. The Kier molecular flexibility index (Phi) is 7.74. The lowest BCUT2D eigenvalue weighted by molar-refractivity contribution is -0.146. The summed E-state index contributed by atoms with van der Waals surface area (Å²) in [6, 6.07) is 5.42. The van der Waals surface area contributed by atoms with E-state index in [9.17, 15) is 9.59 Å². The number of carbonyl (C=O) groups excluding carboxylic acids is 1. The molecule has 0 aromatic heterocycles. The van der Waals surface area contributed by atoms with Crippen LogP contribution in [0.2, 0.25) is 0 Å². The number of ether oxygens (including phenoxy) is 2. The monoisotopic (exact) mass is 351 g/mol. The maximum Gasteiger partial charge on any atom is 0.323 e. The van der Waals surface area contributed by atoms with Gasteiger partial charge in [-0.25, -0.2) is 0 Å². The minimum Gasteiger partial charge on any atom is -0.490 e. The Morgan fingerprint density at radius 3 is 2.20 bits per heavy atom. The second-order valence-corrected chi connectivity index (χ2v) is 6.27. The van der Waals surface area contributed by atoms with E-state index in [1.807, 2.05) is 26.8 Å². The van der Waals surface area contributed by atoms with E-state index in [4.69, 9.17) is 14.6 Å². The van der Waals surface area contributed by atoms with Crippen molar-refractivity contribution in [1.82, 2.24) is 4.90 Å². The number of benzene rings is 1. The predicted molar refractivity (Wildman–Crippen MR) is 96.3 cm³/mol. The summed E-state index contributed by atoms with van der Waals surface area (Å²) in [5.74, 6) is -0.0158. The van der Waals surface area contributed by atoms with Crippen molar-refractivity contribution in [2.24, 2.45) is 0 Å². The molecule has 1 amide bonds. The molecule has 0 saturated heterocycles. The van der Waals surface area contributed by atoms with Gasteiger partial charge in [-0.15, -0.1) is 0 Å². The van der Waals surface area contributed by atoms with E-state index < -0.39 is 11.4 Å². The van der Waals surface area contributed by atoms with Crippen molar-refractivity contribution in [3.8, 4) is 11.5 Å². The molecule has 0 saturated carbocycles. The number of hydrogen-bond acceptors (Lipinski definition) is 4. The second-order valence-electron chi connectivity index (χ2n) is 6.27. The number of rotatable bonds is 10. The fourth-order valence-electron chi connectivity index (χ4n) is 2.64. The molecule has 0 fully saturated rings. The first-order valence-electron chi connectivity index (χ1n) is 8.69. The van der Waals surface area contributed by atoms with Crippen LogP contribution in [0.1, 0.15) is 46.6 Å². The van der Waals surface area contributed by atoms with Gasteiger partial charge in [0.1, 0.15) is 6.54 Å². The third kappa shape index (κ3) is 5.37. The SMILES string of the molecule is CCCN(CC(=O)O)C(=O)C(C)(C)c1ccc(OCC)c(OCC)c1. The van der Waals surface area contributed by atoms with Crippen LogP contribution in [-0.2, 0) is 15.0 Å². The van der Waals surface area contributed by atoms with Gasteiger partial charge in [-0.05, 0) is 51.8 Å². The first kappa shape index (κ1) is 20.8. The Morgan fingerprint density at radius 1 is 1.08 bits per heavy atom. The smallest absolute Gasteiger partial charge is 0.323 e. The van der Waals surface area contributed by atoms with Crippen molar-refractivity contribution in [2.45, 2.75) is 46.5 Å². The van der Waals surface area contributed by atoms with Crippen LogP contribution < -0.4 is 9.47 Å². The number of hydrogen-bond donors (Lipinski definition) is 1. The second kappa shape index (κ2) is 9.30. The van der Waals surface area contributed by atoms with E-state index in [1.54, 1.807) is 26.0 Å². The van der Waals surface area contributed by atoms with Gasteiger partial charge in [-0.2, -0.15) is 0 Å². The molecule has 1 aromatic carbocycles. The van der Waals surface area contributed by atoms with Crippen LogP contribution in [0.4, 0.5) is 0 Å². The third-order valence-electron chi connectivity index (χ3n) is 3.91. The summed E-state index contributed by atoms with van der Waals surface area (Å²) in [5.41, 5.74) is -0.114. The van der Waals surface area contributed by atoms with E-state index in [1.165, 1.54) is 4.90 Å². The number of nitrogens with zero attached hydrogens (tertiary/aromatic N) is 1. The van der Waals surface area contributed by atoms with Crippen LogP contribution in [0.15, 0.2) is 18.2 Å². The largest absolute Gasteiger partial charge is 0.490 e. The average Bonchev–Trinajstić information content (AvgIpc) is 2.55. The highest BCUT2D eigenvalue weighted by atomic mass is 16.5. The molecular weight excluding hydrogens is 322 g/mol. The summed E-state index contributed by atoms with van der Waals surface area (Å²) in [5, 5.41) is 9.07. The van der Waals surface area contributed by atoms with Crippen molar-refractivity contribution in [3.05, 3.63) is 23.8 Å². The normalized spacial score (nSPS) is 11.1. The van der Waals surface area contributed by atoms with Crippen LogP contribution in [-0.4, -0.2) is 48.2 Å². The molecule has 6 heteroatoms. The maximum absolute atomic E-state index is 13.0. The summed E-state index contributed by atoms with van der Waals surface area (Å²) in [6.07, 6.45) is 0.697. The lowest BCUT2D eigenvalue weighted by Crippen LogP contribution is -2.46. The molecule has 0 unspecified atom stereocenters. The standard InChI is InChI=1S/C19H29NO5/c1-6-11-20(13-17(21)22)18(23)19(4,5)14-9-10-15(24-7-2)16(12-14)25-8-3/h9-10,12H,6-8,11,13H2,1-5H3,(H,21,22). The lowest BCUT2D eigenvalue weighted by atomic mass is 9.83.